The summed E-state index contributed by atoms with van der Waals surface area (Å²) < 4.78 is 27.5. The zero-order valence-corrected chi connectivity index (χ0v) is 16.6. The van der Waals surface area contributed by atoms with Crippen LogP contribution in [0.25, 0.3) is 10.9 Å². The Balaban J connectivity index is 1.83. The topological polar surface area (TPSA) is 108 Å². The van der Waals surface area contributed by atoms with Crippen LogP contribution in [-0.2, 0) is 21.4 Å². The molecule has 0 aliphatic rings. The highest BCUT2D eigenvalue weighted by Crippen LogP contribution is 2.19. The molecule has 0 aliphatic carbocycles. The number of nitrogens with one attached hydrogen (secondary N) is 3. The Hall–Kier alpha value is -2.97. The van der Waals surface area contributed by atoms with Crippen molar-refractivity contribution in [3.8, 4) is 0 Å². The fraction of sp³-hybridized carbons (Fsp3) is 0.200. The van der Waals surface area contributed by atoms with Crippen molar-refractivity contribution in [2.75, 3.05) is 5.32 Å². The van der Waals surface area contributed by atoms with Crippen molar-refractivity contribution in [2.24, 2.45) is 0 Å². The lowest BCUT2D eigenvalue weighted by Gasteiger charge is -2.10. The van der Waals surface area contributed by atoms with E-state index in [1.54, 1.807) is 6.07 Å². The second kappa shape index (κ2) is 7.57. The van der Waals surface area contributed by atoms with Crippen LogP contribution in [-0.4, -0.2) is 19.3 Å². The Kier molecular flexibility index (Phi) is 5.35. The molecule has 0 atom stereocenters. The molecule has 1 aromatic heterocycles. The average molecular weight is 399 g/mol. The molecule has 28 heavy (non-hydrogen) atoms. The molecule has 0 radical (unpaired) electrons. The van der Waals surface area contributed by atoms with Gasteiger partial charge in [0, 0.05) is 35.6 Å². The van der Waals surface area contributed by atoms with Gasteiger partial charge in [-0.3, -0.25) is 9.59 Å². The maximum atomic E-state index is 12.5. The van der Waals surface area contributed by atoms with Crippen LogP contribution in [0.1, 0.15) is 23.6 Å². The number of aromatic nitrogens is 1. The van der Waals surface area contributed by atoms with Crippen LogP contribution >= 0.6 is 0 Å². The van der Waals surface area contributed by atoms with Crippen LogP contribution in [0.3, 0.4) is 0 Å². The average Bonchev–Trinajstić information content (AvgIpc) is 2.60. The van der Waals surface area contributed by atoms with Gasteiger partial charge in [0.1, 0.15) is 0 Å². The van der Waals surface area contributed by atoms with E-state index in [0.29, 0.717) is 11.3 Å². The lowest BCUT2D eigenvalue weighted by molar-refractivity contribution is -0.114. The lowest BCUT2D eigenvalue weighted by atomic mass is 10.0. The van der Waals surface area contributed by atoms with Gasteiger partial charge in [-0.15, -0.1) is 0 Å². The smallest absolute Gasteiger partial charge is 0.252 e. The van der Waals surface area contributed by atoms with E-state index in [0.717, 1.165) is 22.0 Å². The summed E-state index contributed by atoms with van der Waals surface area (Å²) in [6.07, 6.45) is 0. The van der Waals surface area contributed by atoms with E-state index in [2.05, 4.69) is 15.0 Å². The molecule has 0 bridgehead atoms. The van der Waals surface area contributed by atoms with Crippen LogP contribution in [0.2, 0.25) is 0 Å². The monoisotopic (exact) mass is 399 g/mol. The number of benzene rings is 2. The molecule has 146 valence electrons. The number of anilines is 1. The molecule has 0 saturated carbocycles. The Bertz CT molecular complexity index is 1210. The number of amides is 1. The van der Waals surface area contributed by atoms with Crippen LogP contribution < -0.4 is 15.6 Å². The second-order valence-electron chi connectivity index (χ2n) is 6.70. The quantitative estimate of drug-likeness (QED) is 0.613. The van der Waals surface area contributed by atoms with Crippen molar-refractivity contribution in [3.63, 3.8) is 0 Å². The van der Waals surface area contributed by atoms with Crippen LogP contribution in [0.15, 0.2) is 52.2 Å². The third kappa shape index (κ3) is 4.29. The fourth-order valence-electron chi connectivity index (χ4n) is 3.02. The summed E-state index contributed by atoms with van der Waals surface area (Å²) in [7, 11) is -3.81. The number of H-pyrrole nitrogens is 1. The maximum Gasteiger partial charge on any atom is 0.252 e. The van der Waals surface area contributed by atoms with Gasteiger partial charge in [-0.25, -0.2) is 13.1 Å². The summed E-state index contributed by atoms with van der Waals surface area (Å²) >= 11 is 0. The number of hydrogen-bond donors (Lipinski definition) is 3. The van der Waals surface area contributed by atoms with Crippen LogP contribution in [0.4, 0.5) is 5.69 Å². The fourth-order valence-corrected chi connectivity index (χ4v) is 4.03. The number of carbonyl (C=O) groups is 1. The minimum Gasteiger partial charge on any atom is -0.326 e. The number of aryl methyl sites for hydroxylation is 2. The first-order chi connectivity index (χ1) is 13.2. The molecule has 0 aliphatic heterocycles. The van der Waals surface area contributed by atoms with Crippen molar-refractivity contribution in [1.29, 1.82) is 0 Å². The number of carbonyl (C=O) groups excluding carboxylic acids is 1. The Labute approximate surface area is 162 Å². The van der Waals surface area contributed by atoms with Crippen LogP contribution in [0.5, 0.6) is 0 Å². The van der Waals surface area contributed by atoms with Gasteiger partial charge in [0.25, 0.3) is 5.56 Å². The predicted octanol–water partition coefficient (Wildman–Crippen LogP) is 2.58. The third-order valence-electron chi connectivity index (χ3n) is 4.33. The van der Waals surface area contributed by atoms with Gasteiger partial charge in [-0.1, -0.05) is 6.07 Å². The first kappa shape index (κ1) is 19.8. The third-order valence-corrected chi connectivity index (χ3v) is 5.74. The van der Waals surface area contributed by atoms with Crippen LogP contribution in [0, 0.1) is 13.8 Å². The number of sulfonamides is 1. The molecule has 3 aromatic rings. The van der Waals surface area contributed by atoms with Gasteiger partial charge in [0.2, 0.25) is 15.9 Å². The first-order valence-corrected chi connectivity index (χ1v) is 10.1. The number of pyridine rings is 1. The zero-order valence-electron chi connectivity index (χ0n) is 15.8. The summed E-state index contributed by atoms with van der Waals surface area (Å²) in [5, 5.41) is 3.45. The molecular formula is C20H21N3O4S. The van der Waals surface area contributed by atoms with Gasteiger partial charge >= 0.3 is 0 Å². The molecule has 3 N–H and O–H groups in total. The Morgan fingerprint density at radius 3 is 2.39 bits per heavy atom. The Morgan fingerprint density at radius 2 is 1.75 bits per heavy atom. The minimum atomic E-state index is -3.81. The molecule has 1 heterocycles. The van der Waals surface area contributed by atoms with E-state index < -0.39 is 10.0 Å². The zero-order chi connectivity index (χ0) is 20.5. The molecule has 3 rings (SSSR count). The maximum absolute atomic E-state index is 12.5. The summed E-state index contributed by atoms with van der Waals surface area (Å²) in [5.41, 5.74) is 3.27. The second-order valence-corrected chi connectivity index (χ2v) is 8.46. The molecule has 1 amide bonds. The van der Waals surface area contributed by atoms with Gasteiger partial charge < -0.3 is 10.3 Å². The number of hydrogen-bond acceptors (Lipinski definition) is 4. The van der Waals surface area contributed by atoms with Crippen molar-refractivity contribution in [2.45, 2.75) is 32.2 Å². The highest BCUT2D eigenvalue weighted by molar-refractivity contribution is 7.89. The van der Waals surface area contributed by atoms with Gasteiger partial charge in [0.15, 0.2) is 0 Å². The lowest BCUT2D eigenvalue weighted by Crippen LogP contribution is -2.27. The van der Waals surface area contributed by atoms with E-state index >= 15 is 0 Å². The number of rotatable bonds is 5. The molecule has 2 aromatic carbocycles. The normalized spacial score (nSPS) is 11.5. The van der Waals surface area contributed by atoms with Gasteiger partial charge in [0.05, 0.1) is 4.90 Å². The minimum absolute atomic E-state index is 0.0469. The molecule has 7 nitrogen and oxygen atoms in total. The van der Waals surface area contributed by atoms with Gasteiger partial charge in [-0.05, 0) is 61.4 Å². The van der Waals surface area contributed by atoms with Crippen molar-refractivity contribution in [3.05, 3.63) is 69.5 Å². The predicted molar refractivity (Wildman–Crippen MR) is 109 cm³/mol. The van der Waals surface area contributed by atoms with E-state index in [-0.39, 0.29) is 22.9 Å². The van der Waals surface area contributed by atoms with Gasteiger partial charge in [-0.2, -0.15) is 0 Å². The van der Waals surface area contributed by atoms with E-state index in [1.807, 2.05) is 26.0 Å². The highest BCUT2D eigenvalue weighted by atomic mass is 32.2. The molecule has 0 spiro atoms. The standard InChI is InChI=1S/C20H21N3O4S/c1-12-8-13(2)18-10-15(20(25)23-19(18)9-12)11-21-28(26,27)17-6-4-16(5-7-17)22-14(3)24/h4-10,21H,11H2,1-3H3,(H,22,24)(H,23,25). The summed E-state index contributed by atoms with van der Waals surface area (Å²) in [4.78, 5) is 26.2. The van der Waals surface area contributed by atoms with E-state index in [1.165, 1.54) is 31.2 Å². The summed E-state index contributed by atoms with van der Waals surface area (Å²) in [6.45, 7) is 5.13. The molecular weight excluding hydrogens is 378 g/mol. The van der Waals surface area contributed by atoms with Crippen molar-refractivity contribution < 1.29 is 13.2 Å². The summed E-state index contributed by atoms with van der Waals surface area (Å²) in [5.74, 6) is -0.241. The summed E-state index contributed by atoms with van der Waals surface area (Å²) in [6, 6.07) is 11.4. The number of aromatic amines is 1. The molecule has 8 heteroatoms. The molecule has 0 saturated heterocycles. The number of fused-ring (bicyclic) bond motifs is 1. The highest BCUT2D eigenvalue weighted by Gasteiger charge is 2.15. The molecule has 0 fully saturated rings. The van der Waals surface area contributed by atoms with Crippen molar-refractivity contribution in [1.82, 2.24) is 9.71 Å². The molecule has 0 unspecified atom stereocenters. The van der Waals surface area contributed by atoms with E-state index in [4.69, 9.17) is 0 Å². The Morgan fingerprint density at radius 1 is 1.07 bits per heavy atom. The van der Waals surface area contributed by atoms with Crippen molar-refractivity contribution >= 4 is 32.5 Å². The largest absolute Gasteiger partial charge is 0.326 e. The van der Waals surface area contributed by atoms with E-state index in [9.17, 15) is 18.0 Å². The first-order valence-electron chi connectivity index (χ1n) is 8.66. The SMILES string of the molecule is CC(=O)Nc1ccc(S(=O)(=O)NCc2cc3c(C)cc(C)cc3[nH]c2=O)cc1.